The maximum atomic E-state index is 12.9. The van der Waals surface area contributed by atoms with E-state index >= 15 is 0 Å². The van der Waals surface area contributed by atoms with Gasteiger partial charge in [-0.05, 0) is 36.4 Å². The molecule has 11 heteroatoms. The van der Waals surface area contributed by atoms with E-state index in [0.717, 1.165) is 12.1 Å². The Labute approximate surface area is 169 Å². The van der Waals surface area contributed by atoms with Crippen LogP contribution in [0, 0.1) is 15.9 Å². The molecule has 160 valence electrons. The van der Waals surface area contributed by atoms with E-state index in [1.807, 2.05) is 4.90 Å². The van der Waals surface area contributed by atoms with Crippen LogP contribution in [0.25, 0.3) is 0 Å². The van der Waals surface area contributed by atoms with Crippen LogP contribution in [-0.4, -0.2) is 48.5 Å². The molecule has 0 unspecified atom stereocenters. The fraction of sp³-hybridized carbons (Fsp3) is 0.316. The van der Waals surface area contributed by atoms with Crippen molar-refractivity contribution in [3.8, 4) is 0 Å². The molecule has 1 amide bonds. The van der Waals surface area contributed by atoms with Gasteiger partial charge in [0.25, 0.3) is 5.69 Å². The number of nitro groups is 1. The van der Waals surface area contributed by atoms with E-state index in [1.165, 1.54) is 24.3 Å². The third-order valence-corrected chi connectivity index (χ3v) is 4.71. The number of nitrogens with zero attached hydrogens (tertiary/aromatic N) is 3. The fourth-order valence-electron chi connectivity index (χ4n) is 3.20. The van der Waals surface area contributed by atoms with Crippen LogP contribution in [0.2, 0.25) is 0 Å². The van der Waals surface area contributed by atoms with E-state index in [2.05, 4.69) is 5.32 Å². The first kappa shape index (κ1) is 21.5. The molecule has 0 bridgehead atoms. The molecule has 1 aliphatic heterocycles. The van der Waals surface area contributed by atoms with Crippen LogP contribution in [-0.2, 0) is 11.0 Å². The van der Waals surface area contributed by atoms with Crippen molar-refractivity contribution in [2.75, 3.05) is 42.9 Å². The number of halogens is 4. The summed E-state index contributed by atoms with van der Waals surface area (Å²) >= 11 is 0. The maximum Gasteiger partial charge on any atom is 0.416 e. The number of carbonyl (C=O) groups excluding carboxylic acids is 1. The first-order valence-electron chi connectivity index (χ1n) is 9.02. The number of amides is 1. The Bertz CT molecular complexity index is 926. The average molecular weight is 426 g/mol. The van der Waals surface area contributed by atoms with Gasteiger partial charge in [-0.3, -0.25) is 19.8 Å². The molecule has 1 saturated heterocycles. The molecule has 2 aromatic carbocycles. The predicted octanol–water partition coefficient (Wildman–Crippen LogP) is 3.51. The maximum absolute atomic E-state index is 12.9. The Hall–Kier alpha value is -3.21. The lowest BCUT2D eigenvalue weighted by molar-refractivity contribution is -0.384. The Balaban J connectivity index is 1.60. The predicted molar refractivity (Wildman–Crippen MR) is 102 cm³/mol. The molecule has 1 N–H and O–H groups in total. The highest BCUT2D eigenvalue weighted by molar-refractivity contribution is 5.92. The van der Waals surface area contributed by atoms with Gasteiger partial charge in [-0.2, -0.15) is 13.2 Å². The number of rotatable bonds is 5. The van der Waals surface area contributed by atoms with Crippen LogP contribution >= 0.6 is 0 Å². The number of hydrogen-bond donors (Lipinski definition) is 1. The summed E-state index contributed by atoms with van der Waals surface area (Å²) < 4.78 is 51.5. The monoisotopic (exact) mass is 426 g/mol. The molecule has 3 rings (SSSR count). The molecule has 0 aromatic heterocycles. The lowest BCUT2D eigenvalue weighted by Crippen LogP contribution is -2.48. The molecule has 1 heterocycles. The van der Waals surface area contributed by atoms with Crippen molar-refractivity contribution < 1.29 is 27.3 Å². The third kappa shape index (κ3) is 5.23. The third-order valence-electron chi connectivity index (χ3n) is 4.71. The van der Waals surface area contributed by atoms with Gasteiger partial charge in [-0.25, -0.2) is 4.39 Å². The zero-order valence-corrected chi connectivity index (χ0v) is 15.7. The molecular formula is C19H18F4N4O3. The van der Waals surface area contributed by atoms with Gasteiger partial charge in [0, 0.05) is 37.9 Å². The molecule has 0 atom stereocenters. The molecule has 0 spiro atoms. The van der Waals surface area contributed by atoms with Crippen molar-refractivity contribution in [3.63, 3.8) is 0 Å². The molecule has 0 aliphatic carbocycles. The number of nitrogens with one attached hydrogen (secondary N) is 1. The SMILES string of the molecule is O=C(CN1CCN(c2ccc(C(F)(F)F)cc2[N+](=O)[O-])CC1)Nc1ccc(F)cc1. The molecule has 7 nitrogen and oxygen atoms in total. The number of alkyl halides is 3. The van der Waals surface area contributed by atoms with Crippen molar-refractivity contribution in [2.24, 2.45) is 0 Å². The van der Waals surface area contributed by atoms with Crippen molar-refractivity contribution in [3.05, 3.63) is 64.0 Å². The van der Waals surface area contributed by atoms with Gasteiger partial charge < -0.3 is 10.2 Å². The highest BCUT2D eigenvalue weighted by atomic mass is 19.4. The van der Waals surface area contributed by atoms with Crippen LogP contribution in [0.3, 0.4) is 0 Å². The van der Waals surface area contributed by atoms with Gasteiger partial charge in [0.15, 0.2) is 0 Å². The van der Waals surface area contributed by atoms with E-state index in [1.54, 1.807) is 4.90 Å². The average Bonchev–Trinajstić information content (AvgIpc) is 2.69. The first-order chi connectivity index (χ1) is 14.1. The van der Waals surface area contributed by atoms with Crippen LogP contribution < -0.4 is 10.2 Å². The molecule has 30 heavy (non-hydrogen) atoms. The summed E-state index contributed by atoms with van der Waals surface area (Å²) in [5, 5.41) is 13.9. The van der Waals surface area contributed by atoms with Gasteiger partial charge in [0.2, 0.25) is 5.91 Å². The van der Waals surface area contributed by atoms with Gasteiger partial charge in [0.05, 0.1) is 17.0 Å². The normalized spacial score (nSPS) is 15.1. The summed E-state index contributed by atoms with van der Waals surface area (Å²) in [6.45, 7) is 1.50. The number of benzene rings is 2. The smallest absolute Gasteiger partial charge is 0.363 e. The minimum atomic E-state index is -4.67. The Morgan fingerprint density at radius 1 is 1.07 bits per heavy atom. The van der Waals surface area contributed by atoms with Crippen molar-refractivity contribution in [2.45, 2.75) is 6.18 Å². The molecule has 0 saturated carbocycles. The van der Waals surface area contributed by atoms with E-state index in [9.17, 15) is 32.5 Å². The zero-order valence-electron chi connectivity index (χ0n) is 15.7. The summed E-state index contributed by atoms with van der Waals surface area (Å²) in [7, 11) is 0. The van der Waals surface area contributed by atoms with Gasteiger partial charge in [0.1, 0.15) is 11.5 Å². The first-order valence-corrected chi connectivity index (χ1v) is 9.02. The van der Waals surface area contributed by atoms with Crippen LogP contribution in [0.1, 0.15) is 5.56 Å². The quantitative estimate of drug-likeness (QED) is 0.450. The molecular weight excluding hydrogens is 408 g/mol. The second-order valence-corrected chi connectivity index (χ2v) is 6.78. The summed E-state index contributed by atoms with van der Waals surface area (Å²) in [4.78, 5) is 26.0. The van der Waals surface area contributed by atoms with Crippen molar-refractivity contribution in [1.29, 1.82) is 0 Å². The topological polar surface area (TPSA) is 78.7 Å². The number of carbonyl (C=O) groups is 1. The molecule has 2 aromatic rings. The zero-order chi connectivity index (χ0) is 21.9. The minimum Gasteiger partial charge on any atom is -0.363 e. The summed E-state index contributed by atoms with van der Waals surface area (Å²) in [6.07, 6.45) is -4.67. The van der Waals surface area contributed by atoms with Gasteiger partial charge in [-0.15, -0.1) is 0 Å². The number of hydrogen-bond acceptors (Lipinski definition) is 5. The van der Waals surface area contributed by atoms with Crippen molar-refractivity contribution >= 4 is 23.0 Å². The highest BCUT2D eigenvalue weighted by Gasteiger charge is 2.34. The van der Waals surface area contributed by atoms with Gasteiger partial charge in [-0.1, -0.05) is 0 Å². The Morgan fingerprint density at radius 2 is 1.70 bits per heavy atom. The van der Waals surface area contributed by atoms with E-state index in [-0.39, 0.29) is 18.1 Å². The Kier molecular flexibility index (Phi) is 6.20. The fourth-order valence-corrected chi connectivity index (χ4v) is 3.20. The van der Waals surface area contributed by atoms with Gasteiger partial charge >= 0.3 is 6.18 Å². The molecule has 0 radical (unpaired) electrons. The van der Waals surface area contributed by atoms with E-state index in [0.29, 0.717) is 37.9 Å². The summed E-state index contributed by atoms with van der Waals surface area (Å²) in [5.41, 5.74) is -1.11. The summed E-state index contributed by atoms with van der Waals surface area (Å²) in [5.74, 6) is -0.711. The second-order valence-electron chi connectivity index (χ2n) is 6.78. The van der Waals surface area contributed by atoms with E-state index < -0.39 is 28.2 Å². The highest BCUT2D eigenvalue weighted by Crippen LogP contribution is 2.36. The number of piperazine rings is 1. The Morgan fingerprint density at radius 3 is 2.27 bits per heavy atom. The lowest BCUT2D eigenvalue weighted by Gasteiger charge is -2.35. The van der Waals surface area contributed by atoms with Crippen LogP contribution in [0.15, 0.2) is 42.5 Å². The minimum absolute atomic E-state index is 0.0698. The number of anilines is 2. The summed E-state index contributed by atoms with van der Waals surface area (Å²) in [6, 6.07) is 7.81. The number of nitro benzene ring substituents is 1. The van der Waals surface area contributed by atoms with Crippen molar-refractivity contribution in [1.82, 2.24) is 4.90 Å². The standard InChI is InChI=1S/C19H18F4N4O3/c20-14-2-4-15(5-3-14)24-18(28)12-25-7-9-26(10-8-25)16-6-1-13(19(21,22)23)11-17(16)27(29)30/h1-6,11H,7-10,12H2,(H,24,28). The van der Waals surface area contributed by atoms with Crippen LogP contribution in [0.5, 0.6) is 0 Å². The largest absolute Gasteiger partial charge is 0.416 e. The molecule has 1 aliphatic rings. The molecule has 1 fully saturated rings. The lowest BCUT2D eigenvalue weighted by atomic mass is 10.1. The van der Waals surface area contributed by atoms with Crippen LogP contribution in [0.4, 0.5) is 34.6 Å². The van der Waals surface area contributed by atoms with E-state index in [4.69, 9.17) is 0 Å². The second kappa shape index (κ2) is 8.66.